The second-order valence-corrected chi connectivity index (χ2v) is 3.28. The van der Waals surface area contributed by atoms with Crippen molar-refractivity contribution in [3.63, 3.8) is 0 Å². The van der Waals surface area contributed by atoms with Crippen LogP contribution in [-0.2, 0) is 19.3 Å². The SMILES string of the molecule is CCc1c[nH]c(CC[N+](=O)[O-])c1CC. The van der Waals surface area contributed by atoms with Crippen LogP contribution in [0, 0.1) is 10.1 Å². The number of aromatic nitrogens is 1. The molecule has 0 fully saturated rings. The molecule has 0 atom stereocenters. The van der Waals surface area contributed by atoms with Crippen LogP contribution in [0.15, 0.2) is 6.20 Å². The average molecular weight is 196 g/mol. The quantitative estimate of drug-likeness (QED) is 0.578. The van der Waals surface area contributed by atoms with Crippen LogP contribution >= 0.6 is 0 Å². The Kier molecular flexibility index (Phi) is 3.68. The van der Waals surface area contributed by atoms with E-state index in [9.17, 15) is 10.1 Å². The fourth-order valence-electron chi connectivity index (χ4n) is 1.72. The summed E-state index contributed by atoms with van der Waals surface area (Å²) in [6, 6.07) is 0. The van der Waals surface area contributed by atoms with Crippen LogP contribution < -0.4 is 0 Å². The van der Waals surface area contributed by atoms with Crippen molar-refractivity contribution < 1.29 is 4.92 Å². The van der Waals surface area contributed by atoms with Crippen molar-refractivity contribution in [3.05, 3.63) is 33.1 Å². The first-order chi connectivity index (χ1) is 6.69. The average Bonchev–Trinajstić information content (AvgIpc) is 2.56. The second-order valence-electron chi connectivity index (χ2n) is 3.28. The van der Waals surface area contributed by atoms with Crippen LogP contribution in [0.3, 0.4) is 0 Å². The molecule has 0 saturated heterocycles. The Hall–Kier alpha value is -1.32. The van der Waals surface area contributed by atoms with Gasteiger partial charge >= 0.3 is 0 Å². The molecule has 0 amide bonds. The molecule has 1 rings (SSSR count). The molecule has 0 spiro atoms. The van der Waals surface area contributed by atoms with Gasteiger partial charge in [0.2, 0.25) is 6.54 Å². The molecule has 0 saturated carbocycles. The highest BCUT2D eigenvalue weighted by Crippen LogP contribution is 2.16. The molecule has 0 bridgehead atoms. The first kappa shape index (κ1) is 10.8. The van der Waals surface area contributed by atoms with Crippen LogP contribution in [0.25, 0.3) is 0 Å². The number of rotatable bonds is 5. The standard InChI is InChI=1S/C10H16N2O2/c1-3-8-7-11-10(9(8)4-2)5-6-12(13)14/h7,11H,3-6H2,1-2H3. The zero-order valence-electron chi connectivity index (χ0n) is 8.67. The maximum Gasteiger partial charge on any atom is 0.209 e. The van der Waals surface area contributed by atoms with Gasteiger partial charge in [-0.05, 0) is 24.0 Å². The van der Waals surface area contributed by atoms with Crippen LogP contribution in [0.2, 0.25) is 0 Å². The third-order valence-electron chi connectivity index (χ3n) is 2.45. The Labute approximate surface area is 83.5 Å². The van der Waals surface area contributed by atoms with Crippen molar-refractivity contribution in [2.24, 2.45) is 0 Å². The molecule has 1 N–H and O–H groups in total. The zero-order valence-corrected chi connectivity index (χ0v) is 8.67. The normalized spacial score (nSPS) is 10.4. The maximum absolute atomic E-state index is 10.2. The Balaban J connectivity index is 2.75. The van der Waals surface area contributed by atoms with Gasteiger partial charge in [-0.15, -0.1) is 0 Å². The van der Waals surface area contributed by atoms with E-state index in [-0.39, 0.29) is 11.5 Å². The van der Waals surface area contributed by atoms with Crippen molar-refractivity contribution in [1.82, 2.24) is 4.98 Å². The van der Waals surface area contributed by atoms with E-state index in [1.807, 2.05) is 6.20 Å². The number of aromatic amines is 1. The van der Waals surface area contributed by atoms with Crippen molar-refractivity contribution in [2.75, 3.05) is 6.54 Å². The minimum absolute atomic E-state index is 0.0106. The van der Waals surface area contributed by atoms with Crippen molar-refractivity contribution in [3.8, 4) is 0 Å². The minimum atomic E-state index is -0.272. The Morgan fingerprint density at radius 1 is 1.43 bits per heavy atom. The van der Waals surface area contributed by atoms with Gasteiger partial charge in [-0.2, -0.15) is 0 Å². The molecule has 0 aliphatic carbocycles. The molecule has 4 heteroatoms. The molecule has 78 valence electrons. The third-order valence-corrected chi connectivity index (χ3v) is 2.45. The molecule has 0 aliphatic rings. The highest BCUT2D eigenvalue weighted by molar-refractivity contribution is 5.31. The first-order valence-corrected chi connectivity index (χ1v) is 4.98. The molecule has 0 unspecified atom stereocenters. The fourth-order valence-corrected chi connectivity index (χ4v) is 1.72. The number of nitrogens with one attached hydrogen (secondary N) is 1. The van der Waals surface area contributed by atoms with Crippen LogP contribution in [0.1, 0.15) is 30.7 Å². The van der Waals surface area contributed by atoms with Crippen LogP contribution in [0.5, 0.6) is 0 Å². The molecule has 14 heavy (non-hydrogen) atoms. The summed E-state index contributed by atoms with van der Waals surface area (Å²) in [5.41, 5.74) is 3.57. The molecule has 4 nitrogen and oxygen atoms in total. The molecular weight excluding hydrogens is 180 g/mol. The van der Waals surface area contributed by atoms with Gasteiger partial charge < -0.3 is 4.98 Å². The number of hydrogen-bond donors (Lipinski definition) is 1. The Morgan fingerprint density at radius 2 is 2.14 bits per heavy atom. The van der Waals surface area contributed by atoms with Gasteiger partial charge in [0.05, 0.1) is 6.42 Å². The van der Waals surface area contributed by atoms with E-state index < -0.39 is 0 Å². The van der Waals surface area contributed by atoms with Crippen molar-refractivity contribution in [1.29, 1.82) is 0 Å². The summed E-state index contributed by atoms with van der Waals surface area (Å²) in [5, 5.41) is 10.2. The molecule has 0 aliphatic heterocycles. The van der Waals surface area contributed by atoms with E-state index >= 15 is 0 Å². The van der Waals surface area contributed by atoms with Crippen LogP contribution in [-0.4, -0.2) is 16.5 Å². The third kappa shape index (κ3) is 2.34. The first-order valence-electron chi connectivity index (χ1n) is 4.98. The molecule has 0 radical (unpaired) electrons. The smallest absolute Gasteiger partial charge is 0.209 e. The van der Waals surface area contributed by atoms with Gasteiger partial charge in [-0.1, -0.05) is 13.8 Å². The number of hydrogen-bond acceptors (Lipinski definition) is 2. The summed E-state index contributed by atoms with van der Waals surface area (Å²) in [6.45, 7) is 4.19. The van der Waals surface area contributed by atoms with Crippen molar-refractivity contribution >= 4 is 0 Å². The summed E-state index contributed by atoms with van der Waals surface area (Å²) in [5.74, 6) is 0. The van der Waals surface area contributed by atoms with Gasteiger partial charge in [0, 0.05) is 16.8 Å². The summed E-state index contributed by atoms with van der Waals surface area (Å²) in [4.78, 5) is 13.1. The zero-order chi connectivity index (χ0) is 10.6. The minimum Gasteiger partial charge on any atom is -0.364 e. The molecule has 1 aromatic rings. The summed E-state index contributed by atoms with van der Waals surface area (Å²) in [6.07, 6.45) is 4.40. The van der Waals surface area contributed by atoms with E-state index in [0.717, 1.165) is 18.5 Å². The predicted octanol–water partition coefficient (Wildman–Crippen LogP) is 1.96. The van der Waals surface area contributed by atoms with E-state index in [0.29, 0.717) is 6.42 Å². The lowest BCUT2D eigenvalue weighted by Gasteiger charge is -2.01. The predicted molar refractivity (Wildman–Crippen MR) is 55.1 cm³/mol. The van der Waals surface area contributed by atoms with E-state index in [1.54, 1.807) is 0 Å². The molecule has 0 aromatic carbocycles. The van der Waals surface area contributed by atoms with Gasteiger partial charge in [-0.25, -0.2) is 0 Å². The van der Waals surface area contributed by atoms with Gasteiger partial charge in [-0.3, -0.25) is 10.1 Å². The number of H-pyrrole nitrogens is 1. The van der Waals surface area contributed by atoms with Crippen LogP contribution in [0.4, 0.5) is 0 Å². The summed E-state index contributed by atoms with van der Waals surface area (Å²) < 4.78 is 0. The number of aryl methyl sites for hydroxylation is 1. The van der Waals surface area contributed by atoms with Gasteiger partial charge in [0.1, 0.15) is 0 Å². The number of nitrogens with zero attached hydrogens (tertiary/aromatic N) is 1. The van der Waals surface area contributed by atoms with E-state index in [1.165, 1.54) is 11.1 Å². The topological polar surface area (TPSA) is 58.9 Å². The lowest BCUT2D eigenvalue weighted by atomic mass is 10.0. The van der Waals surface area contributed by atoms with Gasteiger partial charge in [0.15, 0.2) is 0 Å². The van der Waals surface area contributed by atoms with E-state index in [2.05, 4.69) is 18.8 Å². The Morgan fingerprint density at radius 3 is 2.64 bits per heavy atom. The second kappa shape index (κ2) is 4.79. The largest absolute Gasteiger partial charge is 0.364 e. The number of nitro groups is 1. The summed E-state index contributed by atoms with van der Waals surface area (Å²) in [7, 11) is 0. The van der Waals surface area contributed by atoms with E-state index in [4.69, 9.17) is 0 Å². The maximum atomic E-state index is 10.2. The molecular formula is C10H16N2O2. The molecule has 1 aromatic heterocycles. The fraction of sp³-hybridized carbons (Fsp3) is 0.600. The van der Waals surface area contributed by atoms with Crippen molar-refractivity contribution in [2.45, 2.75) is 33.1 Å². The lowest BCUT2D eigenvalue weighted by molar-refractivity contribution is -0.479. The summed E-state index contributed by atoms with van der Waals surface area (Å²) >= 11 is 0. The monoisotopic (exact) mass is 196 g/mol. The van der Waals surface area contributed by atoms with Gasteiger partial charge in [0.25, 0.3) is 0 Å². The lowest BCUT2D eigenvalue weighted by Crippen LogP contribution is -2.05. The highest BCUT2D eigenvalue weighted by Gasteiger charge is 2.09. The highest BCUT2D eigenvalue weighted by atomic mass is 16.6. The molecule has 1 heterocycles. The Bertz CT molecular complexity index is 318.